The van der Waals surface area contributed by atoms with Crippen LogP contribution < -0.4 is 10.0 Å². The van der Waals surface area contributed by atoms with Crippen molar-refractivity contribution < 1.29 is 8.42 Å². The largest absolute Gasteiger partial charge is 0.316 e. The maximum atomic E-state index is 12.6. The summed E-state index contributed by atoms with van der Waals surface area (Å²) in [6.45, 7) is 2.48. The van der Waals surface area contributed by atoms with Gasteiger partial charge in [-0.3, -0.25) is 0 Å². The highest BCUT2D eigenvalue weighted by Gasteiger charge is 2.39. The van der Waals surface area contributed by atoms with Gasteiger partial charge < -0.3 is 5.32 Å². The number of nitrogens with one attached hydrogen (secondary N) is 2. The highest BCUT2D eigenvalue weighted by Crippen LogP contribution is 2.37. The van der Waals surface area contributed by atoms with E-state index < -0.39 is 10.0 Å². The van der Waals surface area contributed by atoms with Crippen molar-refractivity contribution in [3.63, 3.8) is 0 Å². The van der Waals surface area contributed by atoms with Crippen LogP contribution in [-0.2, 0) is 16.6 Å². The Bertz CT molecular complexity index is 623. The summed E-state index contributed by atoms with van der Waals surface area (Å²) in [6.07, 6.45) is 3.57. The van der Waals surface area contributed by atoms with Crippen molar-refractivity contribution >= 4 is 33.2 Å². The Morgan fingerprint density at radius 1 is 1.24 bits per heavy atom. The first-order valence-corrected chi connectivity index (χ1v) is 9.24. The van der Waals surface area contributed by atoms with Crippen molar-refractivity contribution in [1.29, 1.82) is 0 Å². The number of halogens is 2. The summed E-state index contributed by atoms with van der Waals surface area (Å²) in [5, 5.41) is 3.57. The van der Waals surface area contributed by atoms with E-state index in [1.165, 1.54) is 6.07 Å². The fraction of sp³-hybridized carbons (Fsp3) is 0.571. The normalized spacial score (nSPS) is 17.5. The summed E-state index contributed by atoms with van der Waals surface area (Å²) in [6, 6.07) is 3.04. The molecule has 0 bridgehead atoms. The third-order valence-electron chi connectivity index (χ3n) is 4.10. The molecule has 118 valence electrons. The molecule has 1 aliphatic rings. The van der Waals surface area contributed by atoms with Crippen molar-refractivity contribution in [1.82, 2.24) is 10.0 Å². The molecule has 1 aromatic rings. The molecule has 0 saturated heterocycles. The molecule has 0 unspecified atom stereocenters. The topological polar surface area (TPSA) is 58.2 Å². The molecule has 1 aromatic carbocycles. The van der Waals surface area contributed by atoms with Gasteiger partial charge >= 0.3 is 0 Å². The average molecular weight is 351 g/mol. The van der Waals surface area contributed by atoms with Crippen LogP contribution in [0.15, 0.2) is 17.0 Å². The smallest absolute Gasteiger partial charge is 0.242 e. The lowest BCUT2D eigenvalue weighted by Crippen LogP contribution is -2.52. The third kappa shape index (κ3) is 3.54. The van der Waals surface area contributed by atoms with Crippen LogP contribution >= 0.6 is 23.2 Å². The van der Waals surface area contributed by atoms with E-state index >= 15 is 0 Å². The highest BCUT2D eigenvalue weighted by atomic mass is 35.5. The molecular weight excluding hydrogens is 331 g/mol. The van der Waals surface area contributed by atoms with Gasteiger partial charge in [-0.15, -0.1) is 0 Å². The van der Waals surface area contributed by atoms with Crippen molar-refractivity contribution in [3.8, 4) is 0 Å². The molecule has 21 heavy (non-hydrogen) atoms. The van der Waals surface area contributed by atoms with E-state index in [-0.39, 0.29) is 15.5 Å². The van der Waals surface area contributed by atoms with Crippen molar-refractivity contribution in [3.05, 3.63) is 27.7 Å². The quantitative estimate of drug-likeness (QED) is 0.827. The monoisotopic (exact) mass is 350 g/mol. The summed E-state index contributed by atoms with van der Waals surface area (Å²) < 4.78 is 28.1. The van der Waals surface area contributed by atoms with Crippen LogP contribution in [0.3, 0.4) is 0 Å². The SMILES string of the molecule is CCC1(NS(=O)(=O)c2cc(CNC)c(Cl)cc2Cl)CCC1. The van der Waals surface area contributed by atoms with Gasteiger partial charge in [0.1, 0.15) is 4.90 Å². The van der Waals surface area contributed by atoms with Crippen molar-refractivity contribution in [2.24, 2.45) is 0 Å². The minimum atomic E-state index is -3.65. The van der Waals surface area contributed by atoms with Crippen LogP contribution in [-0.4, -0.2) is 21.0 Å². The summed E-state index contributed by atoms with van der Waals surface area (Å²) in [5.74, 6) is 0. The van der Waals surface area contributed by atoms with E-state index in [4.69, 9.17) is 23.2 Å². The minimum Gasteiger partial charge on any atom is -0.316 e. The van der Waals surface area contributed by atoms with Gasteiger partial charge in [-0.05, 0) is 50.4 Å². The molecular formula is C14H20Cl2N2O2S. The van der Waals surface area contributed by atoms with E-state index in [1.807, 2.05) is 6.92 Å². The van der Waals surface area contributed by atoms with Crippen LogP contribution in [0.5, 0.6) is 0 Å². The van der Waals surface area contributed by atoms with Crippen LogP contribution in [0.1, 0.15) is 38.2 Å². The molecule has 1 saturated carbocycles. The predicted molar refractivity (Wildman–Crippen MR) is 86.4 cm³/mol. The molecule has 4 nitrogen and oxygen atoms in total. The maximum absolute atomic E-state index is 12.6. The third-order valence-corrected chi connectivity index (χ3v) is 6.49. The lowest BCUT2D eigenvalue weighted by Gasteiger charge is -2.41. The van der Waals surface area contributed by atoms with E-state index in [0.717, 1.165) is 25.7 Å². The standard InChI is InChI=1S/C14H20Cl2N2O2S/c1-3-14(5-4-6-14)18-21(19,20)13-7-10(9-17-2)11(15)8-12(13)16/h7-8,17-18H,3-6,9H2,1-2H3. The Kier molecular flexibility index (Phi) is 5.21. The maximum Gasteiger partial charge on any atom is 0.242 e. The molecule has 0 spiro atoms. The van der Waals surface area contributed by atoms with Gasteiger partial charge in [0.05, 0.1) is 5.02 Å². The van der Waals surface area contributed by atoms with Gasteiger partial charge in [0.25, 0.3) is 0 Å². The van der Waals surface area contributed by atoms with Crippen LogP contribution in [0.2, 0.25) is 10.0 Å². The van der Waals surface area contributed by atoms with Crippen molar-refractivity contribution in [2.45, 2.75) is 49.6 Å². The molecule has 1 fully saturated rings. The Morgan fingerprint density at radius 2 is 1.90 bits per heavy atom. The van der Waals surface area contributed by atoms with Crippen LogP contribution in [0.4, 0.5) is 0 Å². The summed E-state index contributed by atoms with van der Waals surface area (Å²) in [7, 11) is -1.87. The number of hydrogen-bond donors (Lipinski definition) is 2. The van der Waals surface area contributed by atoms with Crippen LogP contribution in [0.25, 0.3) is 0 Å². The van der Waals surface area contributed by atoms with Crippen molar-refractivity contribution in [2.75, 3.05) is 7.05 Å². The van der Waals surface area contributed by atoms with E-state index in [0.29, 0.717) is 17.1 Å². The van der Waals surface area contributed by atoms with Gasteiger partial charge in [0.15, 0.2) is 0 Å². The molecule has 0 heterocycles. The fourth-order valence-corrected chi connectivity index (χ4v) is 4.97. The Balaban J connectivity index is 2.37. The number of sulfonamides is 1. The summed E-state index contributed by atoms with van der Waals surface area (Å²) >= 11 is 12.2. The fourth-order valence-electron chi connectivity index (χ4n) is 2.57. The Hall–Kier alpha value is -0.330. The van der Waals surface area contributed by atoms with Gasteiger partial charge in [0.2, 0.25) is 10.0 Å². The molecule has 0 radical (unpaired) electrons. The predicted octanol–water partition coefficient (Wildman–Crippen LogP) is 3.32. The first-order chi connectivity index (χ1) is 9.83. The number of rotatable bonds is 6. The zero-order chi connectivity index (χ0) is 15.7. The Morgan fingerprint density at radius 3 is 2.38 bits per heavy atom. The first kappa shape index (κ1) is 17.0. The molecule has 0 aliphatic heterocycles. The summed E-state index contributed by atoms with van der Waals surface area (Å²) in [5.41, 5.74) is 0.397. The van der Waals surface area contributed by atoms with Gasteiger partial charge in [-0.1, -0.05) is 30.1 Å². The summed E-state index contributed by atoms with van der Waals surface area (Å²) in [4.78, 5) is 0.0959. The number of benzene rings is 1. The van der Waals surface area contributed by atoms with Gasteiger partial charge in [-0.25, -0.2) is 13.1 Å². The van der Waals surface area contributed by atoms with Crippen LogP contribution in [0, 0.1) is 0 Å². The minimum absolute atomic E-state index is 0.0959. The Labute approximate surface area is 136 Å². The molecule has 2 rings (SSSR count). The highest BCUT2D eigenvalue weighted by molar-refractivity contribution is 7.89. The van der Waals surface area contributed by atoms with E-state index in [9.17, 15) is 8.42 Å². The average Bonchev–Trinajstić information content (AvgIpc) is 2.37. The lowest BCUT2D eigenvalue weighted by molar-refractivity contribution is 0.214. The lowest BCUT2D eigenvalue weighted by atomic mass is 9.76. The second-order valence-corrected chi connectivity index (χ2v) is 7.96. The number of hydrogen-bond acceptors (Lipinski definition) is 3. The van der Waals surface area contributed by atoms with E-state index in [2.05, 4.69) is 10.0 Å². The van der Waals surface area contributed by atoms with Gasteiger partial charge in [0, 0.05) is 17.1 Å². The molecule has 0 atom stereocenters. The second-order valence-electron chi connectivity index (χ2n) is 5.50. The second kappa shape index (κ2) is 6.42. The molecule has 0 amide bonds. The van der Waals surface area contributed by atoms with E-state index in [1.54, 1.807) is 13.1 Å². The molecule has 2 N–H and O–H groups in total. The molecule has 7 heteroatoms. The first-order valence-electron chi connectivity index (χ1n) is 7.00. The molecule has 0 aromatic heterocycles. The zero-order valence-electron chi connectivity index (χ0n) is 12.2. The van der Waals surface area contributed by atoms with Gasteiger partial charge in [-0.2, -0.15) is 0 Å². The zero-order valence-corrected chi connectivity index (χ0v) is 14.5. The molecule has 1 aliphatic carbocycles.